The summed E-state index contributed by atoms with van der Waals surface area (Å²) >= 11 is 0. The lowest BCUT2D eigenvalue weighted by Gasteiger charge is -2.47. The molecule has 0 saturated heterocycles. The van der Waals surface area contributed by atoms with E-state index in [0.29, 0.717) is 32.0 Å². The first-order valence-electron chi connectivity index (χ1n) is 21.9. The number of unbranched alkanes of at least 4 members (excludes halogenated alkanes) is 13. The zero-order chi connectivity index (χ0) is 36.3. The van der Waals surface area contributed by atoms with E-state index in [1.165, 1.54) is 116 Å². The third kappa shape index (κ3) is 22.0. The van der Waals surface area contributed by atoms with Crippen LogP contribution >= 0.6 is 0 Å². The molecule has 1 N–H and O–H groups in total. The highest BCUT2D eigenvalue weighted by Gasteiger charge is 2.42. The van der Waals surface area contributed by atoms with E-state index in [0.717, 1.165) is 82.3 Å². The van der Waals surface area contributed by atoms with Crippen molar-refractivity contribution in [2.75, 3.05) is 39.5 Å². The van der Waals surface area contributed by atoms with Crippen molar-refractivity contribution in [1.29, 1.82) is 0 Å². The van der Waals surface area contributed by atoms with Crippen LogP contribution in [0.4, 0.5) is 0 Å². The van der Waals surface area contributed by atoms with Crippen LogP contribution < -0.4 is 0 Å². The average Bonchev–Trinajstić information content (AvgIpc) is 3.06. The first-order chi connectivity index (χ1) is 24.3. The summed E-state index contributed by atoms with van der Waals surface area (Å²) in [6, 6.07) is 0. The Morgan fingerprint density at radius 1 is 0.660 bits per heavy atom. The SMILES string of the molecule is CCCCCC(CCCCC)CCOC(=O)CCCCCCCN(CCO)CCCCCCCCOC(=O)CC1(C)CC2CC(C)CC(C2)C1. The van der Waals surface area contributed by atoms with Crippen LogP contribution in [0.3, 0.4) is 0 Å². The van der Waals surface area contributed by atoms with Crippen LogP contribution in [-0.4, -0.2) is 61.4 Å². The fourth-order valence-corrected chi connectivity index (χ4v) is 9.41. The molecule has 6 nitrogen and oxygen atoms in total. The first kappa shape index (κ1) is 45.0. The molecular weight excluding hydrogens is 622 g/mol. The van der Waals surface area contributed by atoms with E-state index >= 15 is 0 Å². The molecule has 2 rings (SSSR count). The van der Waals surface area contributed by atoms with E-state index in [9.17, 15) is 14.7 Å². The Kier molecular flexibility index (Phi) is 25.5. The van der Waals surface area contributed by atoms with Gasteiger partial charge in [-0.3, -0.25) is 9.59 Å². The summed E-state index contributed by atoms with van der Waals surface area (Å²) in [5.74, 6) is 3.22. The third-order valence-corrected chi connectivity index (χ3v) is 11.9. The molecule has 0 amide bonds. The summed E-state index contributed by atoms with van der Waals surface area (Å²) in [6.45, 7) is 13.5. The lowest BCUT2D eigenvalue weighted by Crippen LogP contribution is -2.37. The molecule has 0 spiro atoms. The van der Waals surface area contributed by atoms with Gasteiger partial charge in [0.05, 0.1) is 26.2 Å². The number of rotatable bonds is 32. The number of carbonyl (C=O) groups excluding carboxylic acids is 2. The van der Waals surface area contributed by atoms with Gasteiger partial charge in [0.25, 0.3) is 0 Å². The lowest BCUT2D eigenvalue weighted by atomic mass is 9.58. The van der Waals surface area contributed by atoms with Crippen molar-refractivity contribution < 1.29 is 24.2 Å². The monoisotopic (exact) mass is 706 g/mol. The van der Waals surface area contributed by atoms with E-state index in [2.05, 4.69) is 32.6 Å². The van der Waals surface area contributed by atoms with Gasteiger partial charge in [0.15, 0.2) is 0 Å². The predicted octanol–water partition coefficient (Wildman–Crippen LogP) is 11.5. The topological polar surface area (TPSA) is 76.1 Å². The van der Waals surface area contributed by atoms with Crippen LogP contribution in [0.1, 0.15) is 201 Å². The molecule has 0 radical (unpaired) electrons. The van der Waals surface area contributed by atoms with Crippen LogP contribution in [0.5, 0.6) is 0 Å². The Bertz CT molecular complexity index is 820. The second-order valence-electron chi connectivity index (χ2n) is 17.2. The average molecular weight is 706 g/mol. The van der Waals surface area contributed by atoms with Gasteiger partial charge in [0, 0.05) is 13.0 Å². The maximum absolute atomic E-state index is 12.6. The summed E-state index contributed by atoms with van der Waals surface area (Å²) in [5.41, 5.74) is 0.149. The highest BCUT2D eigenvalue weighted by atomic mass is 16.5. The van der Waals surface area contributed by atoms with Crippen LogP contribution in [0.15, 0.2) is 0 Å². The van der Waals surface area contributed by atoms with Gasteiger partial charge in [-0.25, -0.2) is 0 Å². The number of esters is 2. The Morgan fingerprint density at radius 3 is 1.78 bits per heavy atom. The lowest BCUT2D eigenvalue weighted by molar-refractivity contribution is -0.148. The maximum atomic E-state index is 12.6. The number of aliphatic hydroxyl groups is 1. The summed E-state index contributed by atoms with van der Waals surface area (Å²) in [7, 11) is 0. The highest BCUT2D eigenvalue weighted by molar-refractivity contribution is 5.70. The number of ether oxygens (including phenoxy) is 2. The molecular formula is C44H83NO5. The molecule has 294 valence electrons. The molecule has 0 aromatic rings. The van der Waals surface area contributed by atoms with Gasteiger partial charge in [0.1, 0.15) is 0 Å². The maximum Gasteiger partial charge on any atom is 0.306 e. The van der Waals surface area contributed by atoms with Crippen LogP contribution in [0.25, 0.3) is 0 Å². The van der Waals surface area contributed by atoms with Crippen molar-refractivity contribution in [3.8, 4) is 0 Å². The molecule has 0 heterocycles. The Labute approximate surface area is 310 Å². The first-order valence-corrected chi connectivity index (χ1v) is 21.9. The summed E-state index contributed by atoms with van der Waals surface area (Å²) < 4.78 is 11.3. The normalized spacial score (nSPS) is 21.9. The molecule has 50 heavy (non-hydrogen) atoms. The van der Waals surface area contributed by atoms with E-state index in [1.54, 1.807) is 0 Å². The molecule has 0 aromatic heterocycles. The van der Waals surface area contributed by atoms with Crippen molar-refractivity contribution in [1.82, 2.24) is 4.90 Å². The van der Waals surface area contributed by atoms with Gasteiger partial charge < -0.3 is 19.5 Å². The fourth-order valence-electron chi connectivity index (χ4n) is 9.41. The smallest absolute Gasteiger partial charge is 0.306 e. The zero-order valence-corrected chi connectivity index (χ0v) is 33.7. The summed E-state index contributed by atoms with van der Waals surface area (Å²) in [4.78, 5) is 27.3. The van der Waals surface area contributed by atoms with Gasteiger partial charge in [-0.05, 0) is 106 Å². The second kappa shape index (κ2) is 28.4. The minimum Gasteiger partial charge on any atom is -0.466 e. The number of fused-ring (bicyclic) bond motifs is 2. The van der Waals surface area contributed by atoms with Crippen molar-refractivity contribution in [2.45, 2.75) is 201 Å². The molecule has 2 aliphatic carbocycles. The Balaban J connectivity index is 1.41. The second-order valence-corrected chi connectivity index (χ2v) is 17.2. The third-order valence-electron chi connectivity index (χ3n) is 11.9. The largest absolute Gasteiger partial charge is 0.466 e. The molecule has 2 unspecified atom stereocenters. The molecule has 0 aliphatic heterocycles. The molecule has 2 aliphatic rings. The van der Waals surface area contributed by atoms with Crippen LogP contribution in [0, 0.1) is 29.1 Å². The van der Waals surface area contributed by atoms with E-state index in [4.69, 9.17) is 9.47 Å². The number of nitrogens with zero attached hydrogens (tertiary/aromatic N) is 1. The van der Waals surface area contributed by atoms with Crippen molar-refractivity contribution in [2.24, 2.45) is 29.1 Å². The van der Waals surface area contributed by atoms with Crippen LogP contribution in [0.2, 0.25) is 0 Å². The van der Waals surface area contributed by atoms with Crippen molar-refractivity contribution in [3.05, 3.63) is 0 Å². The molecule has 6 heteroatoms. The quantitative estimate of drug-likeness (QED) is 0.0554. The van der Waals surface area contributed by atoms with Crippen molar-refractivity contribution in [3.63, 3.8) is 0 Å². The number of aliphatic hydroxyl groups excluding tert-OH is 1. The minimum absolute atomic E-state index is 0.0147. The summed E-state index contributed by atoms with van der Waals surface area (Å²) in [5, 5.41) is 9.54. The fraction of sp³-hybridized carbons (Fsp3) is 0.955. The van der Waals surface area contributed by atoms with Crippen molar-refractivity contribution >= 4 is 11.9 Å². The standard InChI is InChI=1S/C44H83NO5/c1-5-7-16-22-39(23-17-8-6-2)25-31-50-42(47)24-18-12-11-14-20-27-45(28-29-46)26-19-13-9-10-15-21-30-49-43(48)37-44(4)35-40-32-38(3)33-41(34-40)36-44/h38-41,46H,5-37H2,1-4H3. The summed E-state index contributed by atoms with van der Waals surface area (Å²) in [6.07, 6.45) is 31.4. The van der Waals surface area contributed by atoms with Gasteiger partial charge in [-0.2, -0.15) is 0 Å². The number of carbonyl (C=O) groups is 2. The van der Waals surface area contributed by atoms with E-state index < -0.39 is 0 Å². The van der Waals surface area contributed by atoms with Gasteiger partial charge in [-0.15, -0.1) is 0 Å². The molecule has 2 bridgehead atoms. The van der Waals surface area contributed by atoms with Gasteiger partial charge in [-0.1, -0.05) is 124 Å². The zero-order valence-electron chi connectivity index (χ0n) is 33.7. The highest BCUT2D eigenvalue weighted by Crippen LogP contribution is 2.51. The van der Waals surface area contributed by atoms with E-state index in [1.807, 2.05) is 0 Å². The molecule has 2 atom stereocenters. The number of hydrogen-bond donors (Lipinski definition) is 1. The van der Waals surface area contributed by atoms with Gasteiger partial charge in [0.2, 0.25) is 0 Å². The predicted molar refractivity (Wildman–Crippen MR) is 209 cm³/mol. The Hall–Kier alpha value is -1.14. The molecule has 2 saturated carbocycles. The molecule has 2 fully saturated rings. The Morgan fingerprint density at radius 2 is 1.20 bits per heavy atom. The minimum atomic E-state index is -0.0147. The van der Waals surface area contributed by atoms with Gasteiger partial charge >= 0.3 is 11.9 Å². The van der Waals surface area contributed by atoms with Crippen LogP contribution in [-0.2, 0) is 19.1 Å². The number of hydrogen-bond acceptors (Lipinski definition) is 6. The molecule has 0 aromatic carbocycles. The van der Waals surface area contributed by atoms with E-state index in [-0.39, 0.29) is 24.0 Å².